The maximum atomic E-state index is 13.4. The van der Waals surface area contributed by atoms with Gasteiger partial charge in [-0.3, -0.25) is 10.1 Å². The van der Waals surface area contributed by atoms with Crippen LogP contribution in [0.1, 0.15) is 19.2 Å². The van der Waals surface area contributed by atoms with Crippen LogP contribution in [0.5, 0.6) is 0 Å². The minimum absolute atomic E-state index is 0.0197. The van der Waals surface area contributed by atoms with Crippen LogP contribution >= 0.6 is 0 Å². The molecule has 0 spiro atoms. The molecule has 0 bridgehead atoms. The van der Waals surface area contributed by atoms with Crippen molar-refractivity contribution in [2.75, 3.05) is 0 Å². The van der Waals surface area contributed by atoms with Crippen molar-refractivity contribution in [2.24, 2.45) is 0 Å². The third-order valence-corrected chi connectivity index (χ3v) is 2.73. The van der Waals surface area contributed by atoms with Crippen molar-refractivity contribution in [1.29, 1.82) is 0 Å². The SMILES string of the molecule is CCCn1c(C(F)(F)F)nc2c([N+](=O)[O-])c(F)ccc21. The standard InChI is InChI=1S/C11H9F4N3O2/c1-2-5-17-7-4-3-6(12)9(18(19)20)8(7)16-10(17)11(13,14)15/h3-4H,2,5H2,1H3. The molecular formula is C11H9F4N3O2. The van der Waals surface area contributed by atoms with Crippen molar-refractivity contribution in [1.82, 2.24) is 9.55 Å². The van der Waals surface area contributed by atoms with Crippen LogP contribution in [0, 0.1) is 15.9 Å². The smallest absolute Gasteiger partial charge is 0.320 e. The summed E-state index contributed by atoms with van der Waals surface area (Å²) < 4.78 is 52.9. The van der Waals surface area contributed by atoms with Gasteiger partial charge in [-0.05, 0) is 18.6 Å². The van der Waals surface area contributed by atoms with Gasteiger partial charge in [0.25, 0.3) is 0 Å². The maximum absolute atomic E-state index is 13.4. The van der Waals surface area contributed by atoms with E-state index in [1.807, 2.05) is 0 Å². The first kappa shape index (κ1) is 14.2. The summed E-state index contributed by atoms with van der Waals surface area (Å²) >= 11 is 0. The zero-order chi connectivity index (χ0) is 15.1. The van der Waals surface area contributed by atoms with Crippen LogP contribution in [0.15, 0.2) is 12.1 Å². The average Bonchev–Trinajstić information content (AvgIpc) is 2.67. The summed E-state index contributed by atoms with van der Waals surface area (Å²) in [5, 5.41) is 10.8. The normalized spacial score (nSPS) is 12.1. The molecule has 9 heteroatoms. The van der Waals surface area contributed by atoms with Gasteiger partial charge in [-0.2, -0.15) is 17.6 Å². The molecule has 0 aliphatic heterocycles. The molecular weight excluding hydrogens is 282 g/mol. The first-order chi connectivity index (χ1) is 9.27. The van der Waals surface area contributed by atoms with E-state index >= 15 is 0 Å². The van der Waals surface area contributed by atoms with Gasteiger partial charge in [0.1, 0.15) is 0 Å². The van der Waals surface area contributed by atoms with Gasteiger partial charge in [-0.25, -0.2) is 4.98 Å². The van der Waals surface area contributed by atoms with Gasteiger partial charge >= 0.3 is 11.9 Å². The fraction of sp³-hybridized carbons (Fsp3) is 0.364. The Kier molecular flexibility index (Phi) is 3.36. The third-order valence-electron chi connectivity index (χ3n) is 2.73. The molecule has 2 aromatic rings. The van der Waals surface area contributed by atoms with Crippen LogP contribution in [-0.2, 0) is 12.7 Å². The van der Waals surface area contributed by atoms with Gasteiger partial charge in [0.2, 0.25) is 11.6 Å². The lowest BCUT2D eigenvalue weighted by Crippen LogP contribution is -2.14. The summed E-state index contributed by atoms with van der Waals surface area (Å²) in [6, 6.07) is 1.84. The number of aromatic nitrogens is 2. The number of nitro groups is 1. The topological polar surface area (TPSA) is 61.0 Å². The zero-order valence-electron chi connectivity index (χ0n) is 10.2. The van der Waals surface area contributed by atoms with Gasteiger partial charge in [-0.1, -0.05) is 6.92 Å². The number of hydrogen-bond acceptors (Lipinski definition) is 3. The Morgan fingerprint density at radius 2 is 2.05 bits per heavy atom. The van der Waals surface area contributed by atoms with Gasteiger partial charge in [-0.15, -0.1) is 0 Å². The summed E-state index contributed by atoms with van der Waals surface area (Å²) in [7, 11) is 0. The Morgan fingerprint density at radius 1 is 1.40 bits per heavy atom. The minimum Gasteiger partial charge on any atom is -0.320 e. The van der Waals surface area contributed by atoms with E-state index < -0.39 is 33.9 Å². The number of nitrogens with zero attached hydrogens (tertiary/aromatic N) is 3. The van der Waals surface area contributed by atoms with Gasteiger partial charge in [0.05, 0.1) is 10.4 Å². The predicted molar refractivity (Wildman–Crippen MR) is 61.6 cm³/mol. The molecule has 1 aromatic carbocycles. The minimum atomic E-state index is -4.77. The van der Waals surface area contributed by atoms with E-state index in [4.69, 9.17) is 0 Å². The molecule has 2 rings (SSSR count). The number of halogens is 4. The Morgan fingerprint density at radius 3 is 2.55 bits per heavy atom. The molecule has 0 unspecified atom stereocenters. The summed E-state index contributed by atoms with van der Waals surface area (Å²) in [4.78, 5) is 13.0. The van der Waals surface area contributed by atoms with E-state index in [0.717, 1.165) is 16.7 Å². The van der Waals surface area contributed by atoms with Crippen LogP contribution in [0.2, 0.25) is 0 Å². The average molecular weight is 291 g/mol. The highest BCUT2D eigenvalue weighted by Gasteiger charge is 2.39. The molecule has 0 saturated heterocycles. The predicted octanol–water partition coefficient (Wildman–Crippen LogP) is 3.51. The van der Waals surface area contributed by atoms with Gasteiger partial charge in [0, 0.05) is 6.54 Å². The van der Waals surface area contributed by atoms with Crippen molar-refractivity contribution >= 4 is 16.7 Å². The van der Waals surface area contributed by atoms with Crippen LogP contribution in [-0.4, -0.2) is 14.5 Å². The van der Waals surface area contributed by atoms with Crippen LogP contribution in [0.3, 0.4) is 0 Å². The van der Waals surface area contributed by atoms with Gasteiger partial charge in [0.15, 0.2) is 5.52 Å². The van der Waals surface area contributed by atoms with Crippen LogP contribution < -0.4 is 0 Å². The highest BCUT2D eigenvalue weighted by atomic mass is 19.4. The molecule has 0 aliphatic rings. The lowest BCUT2D eigenvalue weighted by molar-refractivity contribution is -0.385. The molecule has 20 heavy (non-hydrogen) atoms. The Labute approximate surface area is 110 Å². The second-order valence-electron chi connectivity index (χ2n) is 4.11. The van der Waals surface area contributed by atoms with E-state index in [0.29, 0.717) is 6.42 Å². The first-order valence-corrected chi connectivity index (χ1v) is 5.67. The number of fused-ring (bicyclic) bond motifs is 1. The molecule has 1 aromatic heterocycles. The molecule has 0 amide bonds. The van der Waals surface area contributed by atoms with Crippen molar-refractivity contribution in [3.63, 3.8) is 0 Å². The van der Waals surface area contributed by atoms with Crippen molar-refractivity contribution in [2.45, 2.75) is 26.1 Å². The first-order valence-electron chi connectivity index (χ1n) is 5.67. The molecule has 108 valence electrons. The Balaban J connectivity index is 2.86. The number of rotatable bonds is 3. The Hall–Kier alpha value is -2.19. The number of aryl methyl sites for hydroxylation is 1. The molecule has 0 atom stereocenters. The zero-order valence-corrected chi connectivity index (χ0v) is 10.2. The highest BCUT2D eigenvalue weighted by molar-refractivity contribution is 5.85. The largest absolute Gasteiger partial charge is 0.449 e. The second-order valence-corrected chi connectivity index (χ2v) is 4.11. The Bertz CT molecular complexity index is 678. The highest BCUT2D eigenvalue weighted by Crippen LogP contribution is 2.35. The van der Waals surface area contributed by atoms with Crippen molar-refractivity contribution in [3.8, 4) is 0 Å². The monoisotopic (exact) mass is 291 g/mol. The fourth-order valence-electron chi connectivity index (χ4n) is 1.99. The lowest BCUT2D eigenvalue weighted by atomic mass is 10.2. The number of nitro benzene ring substituents is 1. The molecule has 1 heterocycles. The summed E-state index contributed by atoms with van der Waals surface area (Å²) in [5.74, 6) is -2.47. The molecule has 0 saturated carbocycles. The molecule has 0 N–H and O–H groups in total. The summed E-state index contributed by atoms with van der Waals surface area (Å²) in [6.07, 6.45) is -4.39. The number of hydrogen-bond donors (Lipinski definition) is 0. The molecule has 0 radical (unpaired) electrons. The number of benzene rings is 1. The fourth-order valence-corrected chi connectivity index (χ4v) is 1.99. The number of alkyl halides is 3. The maximum Gasteiger partial charge on any atom is 0.449 e. The van der Waals surface area contributed by atoms with Gasteiger partial charge < -0.3 is 4.57 Å². The van der Waals surface area contributed by atoms with E-state index in [2.05, 4.69) is 4.98 Å². The van der Waals surface area contributed by atoms with Crippen molar-refractivity contribution < 1.29 is 22.5 Å². The third kappa shape index (κ3) is 2.19. The van der Waals surface area contributed by atoms with E-state index in [1.165, 1.54) is 0 Å². The lowest BCUT2D eigenvalue weighted by Gasteiger charge is -2.09. The van der Waals surface area contributed by atoms with E-state index in [9.17, 15) is 27.7 Å². The summed E-state index contributed by atoms with van der Waals surface area (Å²) in [5.41, 5.74) is -1.73. The van der Waals surface area contributed by atoms with Crippen LogP contribution in [0.4, 0.5) is 23.2 Å². The van der Waals surface area contributed by atoms with Crippen molar-refractivity contribution in [3.05, 3.63) is 33.9 Å². The van der Waals surface area contributed by atoms with E-state index in [-0.39, 0.29) is 12.1 Å². The quantitative estimate of drug-likeness (QED) is 0.494. The van der Waals surface area contributed by atoms with Crippen LogP contribution in [0.25, 0.3) is 11.0 Å². The second kappa shape index (κ2) is 4.73. The molecule has 0 fully saturated rings. The molecule has 5 nitrogen and oxygen atoms in total. The number of imidazole rings is 1. The molecule has 0 aliphatic carbocycles. The van der Waals surface area contributed by atoms with E-state index in [1.54, 1.807) is 6.92 Å². The summed E-state index contributed by atoms with van der Waals surface area (Å²) in [6.45, 7) is 1.64.